The zero-order chi connectivity index (χ0) is 18.7. The van der Waals surface area contributed by atoms with E-state index in [1.165, 1.54) is 32.2 Å². The molecule has 1 aromatic rings. The van der Waals surface area contributed by atoms with Gasteiger partial charge in [0, 0.05) is 51.2 Å². The van der Waals surface area contributed by atoms with Gasteiger partial charge in [0.15, 0.2) is 5.96 Å². The molecular formula is C21H36N4O2. The van der Waals surface area contributed by atoms with Crippen molar-refractivity contribution in [1.29, 1.82) is 0 Å². The summed E-state index contributed by atoms with van der Waals surface area (Å²) in [5, 5.41) is 7.01. The lowest BCUT2D eigenvalue weighted by Gasteiger charge is -2.35. The van der Waals surface area contributed by atoms with Crippen LogP contribution in [0.5, 0.6) is 0 Å². The number of guanidine groups is 1. The average molecular weight is 377 g/mol. The Kier molecular flexibility index (Phi) is 8.49. The van der Waals surface area contributed by atoms with Crippen molar-refractivity contribution in [2.75, 3.05) is 45.9 Å². The third kappa shape index (κ3) is 6.85. The minimum atomic E-state index is 0.556. The number of likely N-dealkylation sites (tertiary alicyclic amines) is 1. The van der Waals surface area contributed by atoms with Crippen molar-refractivity contribution in [3.63, 3.8) is 0 Å². The van der Waals surface area contributed by atoms with Crippen LogP contribution in [-0.4, -0.2) is 62.8 Å². The highest BCUT2D eigenvalue weighted by Gasteiger charge is 2.20. The second-order valence-electron chi connectivity index (χ2n) is 7.70. The van der Waals surface area contributed by atoms with Gasteiger partial charge in [-0.05, 0) is 44.4 Å². The summed E-state index contributed by atoms with van der Waals surface area (Å²) in [7, 11) is 0. The van der Waals surface area contributed by atoms with Gasteiger partial charge in [0.1, 0.15) is 5.76 Å². The highest BCUT2D eigenvalue weighted by Crippen LogP contribution is 2.18. The Morgan fingerprint density at radius 1 is 1.26 bits per heavy atom. The molecule has 0 aromatic carbocycles. The van der Waals surface area contributed by atoms with Crippen molar-refractivity contribution in [2.45, 2.75) is 51.5 Å². The zero-order valence-electron chi connectivity index (χ0n) is 16.8. The summed E-state index contributed by atoms with van der Waals surface area (Å²) in [4.78, 5) is 7.45. The number of piperidine rings is 1. The molecule has 0 radical (unpaired) electrons. The standard InChI is InChI=1S/C21H36N4O2/c1-2-19-6-3-4-12-25(19)13-11-23-21(24-16-18-9-15-26-17-18)22-10-8-20-7-5-14-27-20/h5,7,14,18-19H,2-4,6,8-13,15-17H2,1H3,(H2,22,23,24). The van der Waals surface area contributed by atoms with E-state index in [1.807, 2.05) is 12.1 Å². The van der Waals surface area contributed by atoms with E-state index in [0.717, 1.165) is 70.0 Å². The number of ether oxygens (including phenoxy) is 1. The fraction of sp³-hybridized carbons (Fsp3) is 0.762. The van der Waals surface area contributed by atoms with Crippen molar-refractivity contribution in [3.05, 3.63) is 24.2 Å². The Morgan fingerprint density at radius 2 is 2.19 bits per heavy atom. The molecular weight excluding hydrogens is 340 g/mol. The fourth-order valence-electron chi connectivity index (χ4n) is 4.02. The Morgan fingerprint density at radius 3 is 2.96 bits per heavy atom. The van der Waals surface area contributed by atoms with Crippen LogP contribution in [-0.2, 0) is 11.2 Å². The first-order chi connectivity index (χ1) is 13.3. The molecule has 2 atom stereocenters. The predicted molar refractivity (Wildman–Crippen MR) is 109 cm³/mol. The van der Waals surface area contributed by atoms with Gasteiger partial charge in [-0.1, -0.05) is 13.3 Å². The van der Waals surface area contributed by atoms with Crippen LogP contribution in [0.15, 0.2) is 27.8 Å². The number of nitrogens with zero attached hydrogens (tertiary/aromatic N) is 2. The van der Waals surface area contributed by atoms with Crippen molar-refractivity contribution in [3.8, 4) is 0 Å². The number of furan rings is 1. The van der Waals surface area contributed by atoms with Gasteiger partial charge in [-0.25, -0.2) is 0 Å². The lowest BCUT2D eigenvalue weighted by atomic mass is 10.0. The van der Waals surface area contributed by atoms with Crippen molar-refractivity contribution >= 4 is 5.96 Å². The van der Waals surface area contributed by atoms with Gasteiger partial charge in [-0.2, -0.15) is 0 Å². The van der Waals surface area contributed by atoms with E-state index in [0.29, 0.717) is 5.92 Å². The van der Waals surface area contributed by atoms with E-state index in [9.17, 15) is 0 Å². The van der Waals surface area contributed by atoms with E-state index in [2.05, 4.69) is 22.5 Å². The summed E-state index contributed by atoms with van der Waals surface area (Å²) in [6.45, 7) is 8.94. The van der Waals surface area contributed by atoms with Gasteiger partial charge >= 0.3 is 0 Å². The molecule has 27 heavy (non-hydrogen) atoms. The maximum absolute atomic E-state index is 5.47. The summed E-state index contributed by atoms with van der Waals surface area (Å²) in [6.07, 6.45) is 9.03. The van der Waals surface area contributed by atoms with Gasteiger partial charge < -0.3 is 19.8 Å². The summed E-state index contributed by atoms with van der Waals surface area (Å²) in [6, 6.07) is 4.71. The predicted octanol–water partition coefficient (Wildman–Crippen LogP) is 2.66. The first-order valence-electron chi connectivity index (χ1n) is 10.7. The smallest absolute Gasteiger partial charge is 0.191 e. The van der Waals surface area contributed by atoms with Crippen LogP contribution < -0.4 is 10.6 Å². The Bertz CT molecular complexity index is 540. The maximum atomic E-state index is 5.47. The molecule has 6 nitrogen and oxygen atoms in total. The molecule has 2 saturated heterocycles. The topological polar surface area (TPSA) is 62.0 Å². The number of rotatable bonds is 9. The molecule has 2 unspecified atom stereocenters. The Balaban J connectivity index is 1.44. The lowest BCUT2D eigenvalue weighted by Crippen LogP contribution is -2.46. The molecule has 2 fully saturated rings. The van der Waals surface area contributed by atoms with Crippen LogP contribution >= 0.6 is 0 Å². The number of hydrogen-bond acceptors (Lipinski definition) is 4. The van der Waals surface area contributed by atoms with Crippen LogP contribution in [0.1, 0.15) is 44.8 Å². The van der Waals surface area contributed by atoms with E-state index in [-0.39, 0.29) is 0 Å². The van der Waals surface area contributed by atoms with Gasteiger partial charge in [-0.3, -0.25) is 9.89 Å². The van der Waals surface area contributed by atoms with Crippen LogP contribution in [0.2, 0.25) is 0 Å². The van der Waals surface area contributed by atoms with E-state index < -0.39 is 0 Å². The molecule has 6 heteroatoms. The Labute approximate surface area is 163 Å². The average Bonchev–Trinajstić information content (AvgIpc) is 3.40. The molecule has 152 valence electrons. The highest BCUT2D eigenvalue weighted by molar-refractivity contribution is 5.79. The molecule has 0 spiro atoms. The summed E-state index contributed by atoms with van der Waals surface area (Å²) < 4.78 is 10.9. The fourth-order valence-corrected chi connectivity index (χ4v) is 4.02. The lowest BCUT2D eigenvalue weighted by molar-refractivity contribution is 0.147. The molecule has 1 aromatic heterocycles. The summed E-state index contributed by atoms with van der Waals surface area (Å²) in [5.74, 6) is 2.48. The third-order valence-electron chi connectivity index (χ3n) is 5.69. The van der Waals surface area contributed by atoms with E-state index >= 15 is 0 Å². The minimum Gasteiger partial charge on any atom is -0.469 e. The summed E-state index contributed by atoms with van der Waals surface area (Å²) in [5.41, 5.74) is 0. The quantitative estimate of drug-likeness (QED) is 0.512. The number of nitrogens with one attached hydrogen (secondary N) is 2. The molecule has 0 amide bonds. The van der Waals surface area contributed by atoms with Gasteiger partial charge in [0.2, 0.25) is 0 Å². The highest BCUT2D eigenvalue weighted by atomic mass is 16.5. The van der Waals surface area contributed by atoms with Crippen LogP contribution in [0, 0.1) is 5.92 Å². The van der Waals surface area contributed by atoms with Gasteiger partial charge in [0.05, 0.1) is 12.9 Å². The molecule has 0 aliphatic carbocycles. The second-order valence-corrected chi connectivity index (χ2v) is 7.70. The van der Waals surface area contributed by atoms with Gasteiger partial charge in [0.25, 0.3) is 0 Å². The van der Waals surface area contributed by atoms with Crippen molar-refractivity contribution in [2.24, 2.45) is 10.9 Å². The van der Waals surface area contributed by atoms with Crippen LogP contribution in [0.25, 0.3) is 0 Å². The van der Waals surface area contributed by atoms with Crippen LogP contribution in [0.3, 0.4) is 0 Å². The SMILES string of the molecule is CCC1CCCCN1CCNC(=NCC1CCOC1)NCCc1ccco1. The largest absolute Gasteiger partial charge is 0.469 e. The Hall–Kier alpha value is -1.53. The molecule has 0 saturated carbocycles. The summed E-state index contributed by atoms with van der Waals surface area (Å²) >= 11 is 0. The normalized spacial score (nSPS) is 24.3. The molecule has 3 heterocycles. The first kappa shape index (κ1) is 20.2. The van der Waals surface area contributed by atoms with Crippen molar-refractivity contribution < 1.29 is 9.15 Å². The molecule has 3 rings (SSSR count). The minimum absolute atomic E-state index is 0.556. The first-order valence-corrected chi connectivity index (χ1v) is 10.7. The number of aliphatic imine (C=N–C) groups is 1. The number of hydrogen-bond donors (Lipinski definition) is 2. The van der Waals surface area contributed by atoms with Gasteiger partial charge in [-0.15, -0.1) is 0 Å². The van der Waals surface area contributed by atoms with E-state index in [4.69, 9.17) is 14.1 Å². The maximum Gasteiger partial charge on any atom is 0.191 e. The molecule has 2 aliphatic heterocycles. The zero-order valence-corrected chi connectivity index (χ0v) is 16.8. The van der Waals surface area contributed by atoms with Crippen LogP contribution in [0.4, 0.5) is 0 Å². The second kappa shape index (κ2) is 11.3. The molecule has 2 aliphatic rings. The third-order valence-corrected chi connectivity index (χ3v) is 5.69. The van der Waals surface area contributed by atoms with Crippen molar-refractivity contribution in [1.82, 2.24) is 15.5 Å². The van der Waals surface area contributed by atoms with E-state index in [1.54, 1.807) is 6.26 Å². The molecule has 2 N–H and O–H groups in total. The molecule has 0 bridgehead atoms. The monoisotopic (exact) mass is 376 g/mol.